The quantitative estimate of drug-likeness (QED) is 0.692. The molecule has 0 aromatic carbocycles. The Morgan fingerprint density at radius 1 is 1.29 bits per heavy atom. The van der Waals surface area contributed by atoms with E-state index >= 15 is 0 Å². The topological polar surface area (TPSA) is 24.5 Å². The molecule has 102 valence electrons. The van der Waals surface area contributed by atoms with Crippen LogP contribution in [-0.2, 0) is 4.74 Å². The van der Waals surface area contributed by atoms with Crippen LogP contribution in [0.25, 0.3) is 0 Å². The third-order valence-electron chi connectivity index (χ3n) is 3.08. The molecule has 1 atom stereocenters. The lowest BCUT2D eigenvalue weighted by molar-refractivity contribution is 0.0743. The van der Waals surface area contributed by atoms with Gasteiger partial charge in [-0.25, -0.2) is 0 Å². The van der Waals surface area contributed by atoms with Gasteiger partial charge in [0.2, 0.25) is 0 Å². The molecule has 0 spiro atoms. The van der Waals surface area contributed by atoms with Crippen LogP contribution < -0.4 is 5.32 Å². The molecule has 17 heavy (non-hydrogen) atoms. The Labute approximate surface area is 107 Å². The Morgan fingerprint density at radius 2 is 2.06 bits per heavy atom. The maximum atomic E-state index is 5.65. The van der Waals surface area contributed by atoms with E-state index in [-0.39, 0.29) is 0 Å². The van der Waals surface area contributed by atoms with E-state index in [2.05, 4.69) is 37.9 Å². The summed E-state index contributed by atoms with van der Waals surface area (Å²) >= 11 is 0. The van der Waals surface area contributed by atoms with Gasteiger partial charge >= 0.3 is 0 Å². The average molecular weight is 242 g/mol. The molecule has 0 amide bonds. The standard InChI is InChI=1S/C14H30N2O/c1-12(2)11-17-9-8-16-7-5-6-14(10-16)15-13(3)4/h12-15H,5-11H2,1-4H3. The van der Waals surface area contributed by atoms with E-state index in [0.29, 0.717) is 18.0 Å². The first-order valence-corrected chi connectivity index (χ1v) is 7.14. The zero-order valence-electron chi connectivity index (χ0n) is 12.0. The minimum absolute atomic E-state index is 0.595. The van der Waals surface area contributed by atoms with Crippen molar-refractivity contribution < 1.29 is 4.74 Å². The molecule has 0 aromatic heterocycles. The fourth-order valence-electron chi connectivity index (χ4n) is 2.38. The van der Waals surface area contributed by atoms with Crippen molar-refractivity contribution >= 4 is 0 Å². The highest BCUT2D eigenvalue weighted by Crippen LogP contribution is 2.10. The Kier molecular flexibility index (Phi) is 7.09. The molecule has 0 saturated carbocycles. The Balaban J connectivity index is 2.12. The van der Waals surface area contributed by atoms with E-state index in [4.69, 9.17) is 4.74 Å². The highest BCUT2D eigenvalue weighted by atomic mass is 16.5. The van der Waals surface area contributed by atoms with Crippen LogP contribution in [-0.4, -0.2) is 49.8 Å². The summed E-state index contributed by atoms with van der Waals surface area (Å²) in [7, 11) is 0. The normalized spacial score (nSPS) is 22.6. The van der Waals surface area contributed by atoms with Crippen molar-refractivity contribution in [1.82, 2.24) is 10.2 Å². The molecule has 1 unspecified atom stereocenters. The Bertz CT molecular complexity index is 195. The second-order valence-corrected chi connectivity index (χ2v) is 5.93. The number of rotatable bonds is 7. The fourth-order valence-corrected chi connectivity index (χ4v) is 2.38. The van der Waals surface area contributed by atoms with Gasteiger partial charge in [-0.1, -0.05) is 27.7 Å². The van der Waals surface area contributed by atoms with Gasteiger partial charge in [-0.3, -0.25) is 4.90 Å². The van der Waals surface area contributed by atoms with Crippen LogP contribution in [0.4, 0.5) is 0 Å². The van der Waals surface area contributed by atoms with Gasteiger partial charge in [0.1, 0.15) is 0 Å². The van der Waals surface area contributed by atoms with E-state index in [1.807, 2.05) is 0 Å². The second-order valence-electron chi connectivity index (χ2n) is 5.93. The Morgan fingerprint density at radius 3 is 2.71 bits per heavy atom. The fraction of sp³-hybridized carbons (Fsp3) is 1.00. The molecular weight excluding hydrogens is 212 g/mol. The molecule has 0 aromatic rings. The highest BCUT2D eigenvalue weighted by Gasteiger charge is 2.19. The van der Waals surface area contributed by atoms with Gasteiger partial charge in [-0.05, 0) is 25.3 Å². The number of hydrogen-bond acceptors (Lipinski definition) is 3. The zero-order valence-corrected chi connectivity index (χ0v) is 12.0. The summed E-state index contributed by atoms with van der Waals surface area (Å²) in [5.74, 6) is 0.645. The first-order valence-electron chi connectivity index (χ1n) is 7.14. The molecule has 0 bridgehead atoms. The zero-order chi connectivity index (χ0) is 12.7. The molecule has 1 rings (SSSR count). The minimum Gasteiger partial charge on any atom is -0.380 e. The molecule has 1 N–H and O–H groups in total. The summed E-state index contributed by atoms with van der Waals surface area (Å²) in [5.41, 5.74) is 0. The van der Waals surface area contributed by atoms with Gasteiger partial charge in [-0.2, -0.15) is 0 Å². The number of hydrogen-bond donors (Lipinski definition) is 1. The number of nitrogens with zero attached hydrogens (tertiary/aromatic N) is 1. The van der Waals surface area contributed by atoms with Gasteiger partial charge in [0, 0.05) is 31.8 Å². The number of ether oxygens (including phenoxy) is 1. The van der Waals surface area contributed by atoms with Crippen molar-refractivity contribution in [3.05, 3.63) is 0 Å². The number of likely N-dealkylation sites (tertiary alicyclic amines) is 1. The third kappa shape index (κ3) is 7.02. The van der Waals surface area contributed by atoms with Crippen molar-refractivity contribution in [1.29, 1.82) is 0 Å². The van der Waals surface area contributed by atoms with Crippen LogP contribution >= 0.6 is 0 Å². The maximum absolute atomic E-state index is 5.65. The van der Waals surface area contributed by atoms with Crippen molar-refractivity contribution in [2.75, 3.05) is 32.8 Å². The van der Waals surface area contributed by atoms with Gasteiger partial charge in [0.25, 0.3) is 0 Å². The van der Waals surface area contributed by atoms with Gasteiger partial charge in [0.05, 0.1) is 6.61 Å². The van der Waals surface area contributed by atoms with Crippen LogP contribution in [0.1, 0.15) is 40.5 Å². The van der Waals surface area contributed by atoms with Crippen LogP contribution in [0, 0.1) is 5.92 Å². The van der Waals surface area contributed by atoms with Crippen molar-refractivity contribution in [3.63, 3.8) is 0 Å². The Hall–Kier alpha value is -0.120. The molecule has 1 heterocycles. The van der Waals surface area contributed by atoms with E-state index in [0.717, 1.165) is 19.8 Å². The van der Waals surface area contributed by atoms with Gasteiger partial charge in [-0.15, -0.1) is 0 Å². The lowest BCUT2D eigenvalue weighted by atomic mass is 10.1. The largest absolute Gasteiger partial charge is 0.380 e. The molecule has 0 aliphatic carbocycles. The summed E-state index contributed by atoms with van der Waals surface area (Å²) in [6.45, 7) is 14.1. The van der Waals surface area contributed by atoms with Crippen LogP contribution in [0.5, 0.6) is 0 Å². The van der Waals surface area contributed by atoms with E-state index < -0.39 is 0 Å². The number of nitrogens with one attached hydrogen (secondary N) is 1. The predicted molar refractivity (Wildman–Crippen MR) is 73.4 cm³/mol. The predicted octanol–water partition coefficient (Wildman–Crippen LogP) is 2.12. The lowest BCUT2D eigenvalue weighted by Crippen LogP contribution is -2.48. The minimum atomic E-state index is 0.595. The van der Waals surface area contributed by atoms with Gasteiger partial charge < -0.3 is 10.1 Å². The molecule has 1 aliphatic rings. The summed E-state index contributed by atoms with van der Waals surface area (Å²) in [6, 6.07) is 1.27. The first-order chi connectivity index (χ1) is 8.08. The van der Waals surface area contributed by atoms with E-state index in [9.17, 15) is 0 Å². The number of piperidine rings is 1. The molecule has 3 nitrogen and oxygen atoms in total. The second kappa shape index (κ2) is 8.06. The first kappa shape index (κ1) is 14.9. The summed E-state index contributed by atoms with van der Waals surface area (Å²) in [4.78, 5) is 2.53. The molecule has 1 fully saturated rings. The maximum Gasteiger partial charge on any atom is 0.0593 e. The molecule has 1 saturated heterocycles. The molecular formula is C14H30N2O. The van der Waals surface area contributed by atoms with E-state index in [1.165, 1.54) is 25.9 Å². The summed E-state index contributed by atoms with van der Waals surface area (Å²) < 4.78 is 5.65. The molecule has 0 radical (unpaired) electrons. The van der Waals surface area contributed by atoms with Crippen LogP contribution in [0.2, 0.25) is 0 Å². The molecule has 3 heteroatoms. The third-order valence-corrected chi connectivity index (χ3v) is 3.08. The lowest BCUT2D eigenvalue weighted by Gasteiger charge is -2.34. The van der Waals surface area contributed by atoms with Crippen molar-refractivity contribution in [2.24, 2.45) is 5.92 Å². The smallest absolute Gasteiger partial charge is 0.0593 e. The van der Waals surface area contributed by atoms with E-state index in [1.54, 1.807) is 0 Å². The van der Waals surface area contributed by atoms with Crippen molar-refractivity contribution in [2.45, 2.75) is 52.6 Å². The average Bonchev–Trinajstić information content (AvgIpc) is 2.24. The van der Waals surface area contributed by atoms with Crippen LogP contribution in [0.3, 0.4) is 0 Å². The summed E-state index contributed by atoms with van der Waals surface area (Å²) in [5, 5.41) is 3.64. The summed E-state index contributed by atoms with van der Waals surface area (Å²) in [6.07, 6.45) is 2.64. The monoisotopic (exact) mass is 242 g/mol. The van der Waals surface area contributed by atoms with Crippen LogP contribution in [0.15, 0.2) is 0 Å². The van der Waals surface area contributed by atoms with Crippen molar-refractivity contribution in [3.8, 4) is 0 Å². The SMILES string of the molecule is CC(C)COCCN1CCCC(NC(C)C)C1. The molecule has 1 aliphatic heterocycles. The van der Waals surface area contributed by atoms with Gasteiger partial charge in [0.15, 0.2) is 0 Å². The highest BCUT2D eigenvalue weighted by molar-refractivity contribution is 4.79.